The number of anilines is 1. The van der Waals surface area contributed by atoms with Gasteiger partial charge in [-0.1, -0.05) is 30.3 Å². The Kier molecular flexibility index (Phi) is 4.37. The summed E-state index contributed by atoms with van der Waals surface area (Å²) in [5.41, 5.74) is 0.667. The smallest absolute Gasteiger partial charge is 0.226 e. The van der Waals surface area contributed by atoms with Crippen LogP contribution >= 0.6 is 0 Å². The molecular formula is C24H28N2O2. The molecule has 4 bridgehead atoms. The summed E-state index contributed by atoms with van der Waals surface area (Å²) in [5.74, 6) is 2.42. The van der Waals surface area contributed by atoms with Crippen LogP contribution in [0.3, 0.4) is 0 Å². The minimum absolute atomic E-state index is 0.0545. The summed E-state index contributed by atoms with van der Waals surface area (Å²) in [6.45, 7) is 0.417. The maximum absolute atomic E-state index is 12.9. The zero-order valence-corrected chi connectivity index (χ0v) is 16.2. The number of hydrogen-bond donors (Lipinski definition) is 2. The van der Waals surface area contributed by atoms with Crippen LogP contribution in [0.1, 0.15) is 44.9 Å². The number of rotatable bonds is 5. The first-order valence-electron chi connectivity index (χ1n) is 10.7. The molecule has 2 N–H and O–H groups in total. The monoisotopic (exact) mass is 376 g/mol. The molecular weight excluding hydrogens is 348 g/mol. The van der Waals surface area contributed by atoms with Crippen molar-refractivity contribution < 1.29 is 9.59 Å². The van der Waals surface area contributed by atoms with E-state index >= 15 is 0 Å². The summed E-state index contributed by atoms with van der Waals surface area (Å²) in [5, 5.41) is 8.30. The summed E-state index contributed by atoms with van der Waals surface area (Å²) in [4.78, 5) is 25.3. The third-order valence-electron chi connectivity index (χ3n) is 7.19. The van der Waals surface area contributed by atoms with Crippen molar-refractivity contribution in [2.75, 3.05) is 11.9 Å². The lowest BCUT2D eigenvalue weighted by Gasteiger charge is -2.55. The zero-order chi connectivity index (χ0) is 19.1. The molecule has 4 aliphatic rings. The SMILES string of the molecule is O=C(CCNC(=O)C12CC3CC(CC(C3)C1)C2)Nc1ccc2ccccc2c1. The van der Waals surface area contributed by atoms with E-state index in [1.807, 2.05) is 36.4 Å². The van der Waals surface area contributed by atoms with Gasteiger partial charge in [0.05, 0.1) is 0 Å². The van der Waals surface area contributed by atoms with Gasteiger partial charge in [-0.3, -0.25) is 9.59 Å². The molecule has 0 radical (unpaired) electrons. The molecule has 0 saturated heterocycles. The van der Waals surface area contributed by atoms with E-state index in [-0.39, 0.29) is 17.2 Å². The average Bonchev–Trinajstić information content (AvgIpc) is 2.67. The molecule has 0 spiro atoms. The minimum atomic E-state index is -0.135. The highest BCUT2D eigenvalue weighted by Gasteiger charge is 2.54. The number of amides is 2. The summed E-state index contributed by atoms with van der Waals surface area (Å²) in [6, 6.07) is 14.0. The van der Waals surface area contributed by atoms with Gasteiger partial charge in [0.15, 0.2) is 0 Å². The molecule has 0 aromatic heterocycles. The summed E-state index contributed by atoms with van der Waals surface area (Å²) in [6.07, 6.45) is 7.50. The Balaban J connectivity index is 1.14. The third-order valence-corrected chi connectivity index (χ3v) is 7.19. The Morgan fingerprint density at radius 2 is 1.54 bits per heavy atom. The first kappa shape index (κ1) is 17.7. The molecule has 4 saturated carbocycles. The molecule has 2 aromatic rings. The normalized spacial score (nSPS) is 30.4. The lowest BCUT2D eigenvalue weighted by molar-refractivity contribution is -0.146. The molecule has 4 nitrogen and oxygen atoms in total. The zero-order valence-electron chi connectivity index (χ0n) is 16.2. The van der Waals surface area contributed by atoms with E-state index in [2.05, 4.69) is 16.7 Å². The van der Waals surface area contributed by atoms with Crippen molar-refractivity contribution in [2.45, 2.75) is 44.9 Å². The second-order valence-electron chi connectivity index (χ2n) is 9.31. The van der Waals surface area contributed by atoms with Gasteiger partial charge < -0.3 is 10.6 Å². The van der Waals surface area contributed by atoms with Crippen LogP contribution in [0.2, 0.25) is 0 Å². The topological polar surface area (TPSA) is 58.2 Å². The van der Waals surface area contributed by atoms with Gasteiger partial charge in [-0.05, 0) is 79.2 Å². The Labute approximate surface area is 166 Å². The van der Waals surface area contributed by atoms with E-state index in [0.29, 0.717) is 13.0 Å². The number of nitrogens with one attached hydrogen (secondary N) is 2. The van der Waals surface area contributed by atoms with E-state index in [0.717, 1.165) is 53.5 Å². The fourth-order valence-corrected chi connectivity index (χ4v) is 6.36. The molecule has 4 aliphatic carbocycles. The quantitative estimate of drug-likeness (QED) is 0.807. The van der Waals surface area contributed by atoms with Gasteiger partial charge in [-0.15, -0.1) is 0 Å². The number of benzene rings is 2. The molecule has 28 heavy (non-hydrogen) atoms. The maximum atomic E-state index is 12.9. The molecule has 2 amide bonds. The summed E-state index contributed by atoms with van der Waals surface area (Å²) >= 11 is 0. The van der Waals surface area contributed by atoms with Gasteiger partial charge in [0, 0.05) is 24.1 Å². The van der Waals surface area contributed by atoms with Crippen LogP contribution < -0.4 is 10.6 Å². The summed E-state index contributed by atoms with van der Waals surface area (Å²) in [7, 11) is 0. The Hall–Kier alpha value is -2.36. The Morgan fingerprint density at radius 3 is 2.21 bits per heavy atom. The number of carbonyl (C=O) groups is 2. The van der Waals surface area contributed by atoms with Crippen LogP contribution in [0, 0.1) is 23.2 Å². The standard InChI is InChI=1S/C24H28N2O2/c27-22(26-21-6-5-19-3-1-2-4-20(19)12-21)7-8-25-23(28)24-13-16-9-17(14-24)11-18(10-16)15-24/h1-6,12,16-18H,7-11,13-15H2,(H,25,28)(H,26,27). The fraction of sp³-hybridized carbons (Fsp3) is 0.500. The molecule has 6 rings (SSSR count). The van der Waals surface area contributed by atoms with Crippen molar-refractivity contribution in [2.24, 2.45) is 23.2 Å². The van der Waals surface area contributed by atoms with Gasteiger partial charge in [0.1, 0.15) is 0 Å². The van der Waals surface area contributed by atoms with E-state index in [4.69, 9.17) is 0 Å². The van der Waals surface area contributed by atoms with Crippen molar-refractivity contribution in [3.05, 3.63) is 42.5 Å². The lowest BCUT2D eigenvalue weighted by atomic mass is 9.49. The van der Waals surface area contributed by atoms with Crippen molar-refractivity contribution >= 4 is 28.3 Å². The number of hydrogen-bond acceptors (Lipinski definition) is 2. The second kappa shape index (κ2) is 6.91. The molecule has 0 unspecified atom stereocenters. The second-order valence-corrected chi connectivity index (χ2v) is 9.31. The van der Waals surface area contributed by atoms with Crippen molar-refractivity contribution in [1.82, 2.24) is 5.32 Å². The van der Waals surface area contributed by atoms with Crippen molar-refractivity contribution in [1.29, 1.82) is 0 Å². The highest BCUT2D eigenvalue weighted by atomic mass is 16.2. The molecule has 2 aromatic carbocycles. The Morgan fingerprint density at radius 1 is 0.893 bits per heavy atom. The van der Waals surface area contributed by atoms with Gasteiger partial charge in [0.2, 0.25) is 11.8 Å². The fourth-order valence-electron chi connectivity index (χ4n) is 6.36. The van der Waals surface area contributed by atoms with Gasteiger partial charge in [-0.25, -0.2) is 0 Å². The molecule has 4 heteroatoms. The van der Waals surface area contributed by atoms with Crippen LogP contribution in [0.25, 0.3) is 10.8 Å². The molecule has 0 atom stereocenters. The average molecular weight is 377 g/mol. The van der Waals surface area contributed by atoms with Crippen LogP contribution in [0.4, 0.5) is 5.69 Å². The highest BCUT2D eigenvalue weighted by molar-refractivity contribution is 5.94. The van der Waals surface area contributed by atoms with E-state index < -0.39 is 0 Å². The largest absolute Gasteiger partial charge is 0.355 e. The van der Waals surface area contributed by atoms with Crippen LogP contribution in [-0.4, -0.2) is 18.4 Å². The van der Waals surface area contributed by atoms with Gasteiger partial charge in [-0.2, -0.15) is 0 Å². The predicted octanol–water partition coefficient (Wildman–Crippen LogP) is 4.50. The molecule has 146 valence electrons. The van der Waals surface area contributed by atoms with Crippen molar-refractivity contribution in [3.8, 4) is 0 Å². The van der Waals surface area contributed by atoms with Gasteiger partial charge >= 0.3 is 0 Å². The Bertz CT molecular complexity index is 884. The number of carbonyl (C=O) groups excluding carboxylic acids is 2. The van der Waals surface area contributed by atoms with Crippen LogP contribution in [0.15, 0.2) is 42.5 Å². The van der Waals surface area contributed by atoms with Gasteiger partial charge in [0.25, 0.3) is 0 Å². The predicted molar refractivity (Wildman–Crippen MR) is 111 cm³/mol. The van der Waals surface area contributed by atoms with E-state index in [1.165, 1.54) is 19.3 Å². The first-order valence-corrected chi connectivity index (χ1v) is 10.7. The van der Waals surface area contributed by atoms with Crippen LogP contribution in [-0.2, 0) is 9.59 Å². The molecule has 0 heterocycles. The number of fused-ring (bicyclic) bond motifs is 1. The van der Waals surface area contributed by atoms with Crippen LogP contribution in [0.5, 0.6) is 0 Å². The van der Waals surface area contributed by atoms with E-state index in [1.54, 1.807) is 0 Å². The maximum Gasteiger partial charge on any atom is 0.226 e. The minimum Gasteiger partial charge on any atom is -0.355 e. The third kappa shape index (κ3) is 3.30. The molecule has 4 fully saturated rings. The van der Waals surface area contributed by atoms with Crippen molar-refractivity contribution in [3.63, 3.8) is 0 Å². The highest BCUT2D eigenvalue weighted by Crippen LogP contribution is 2.60. The first-order chi connectivity index (χ1) is 13.6. The molecule has 0 aliphatic heterocycles. The van der Waals surface area contributed by atoms with E-state index in [9.17, 15) is 9.59 Å². The lowest BCUT2D eigenvalue weighted by Crippen LogP contribution is -2.53. The summed E-state index contributed by atoms with van der Waals surface area (Å²) < 4.78 is 0.